The zero-order valence-corrected chi connectivity index (χ0v) is 12.2. The molecule has 1 heterocycles. The normalized spacial score (nSPS) is 13.4. The Morgan fingerprint density at radius 2 is 1.95 bits per heavy atom. The summed E-state index contributed by atoms with van der Waals surface area (Å²) < 4.78 is 0. The van der Waals surface area contributed by atoms with E-state index in [0.717, 1.165) is 17.7 Å². The lowest BCUT2D eigenvalue weighted by Gasteiger charge is -2.20. The van der Waals surface area contributed by atoms with Gasteiger partial charge < -0.3 is 10.4 Å². The SMILES string of the molecule is CC[C@H](C)[C@H](Nc1cnc(-c2ccccc2)cn1)C(=O)O. The van der Waals surface area contributed by atoms with Crippen molar-refractivity contribution >= 4 is 11.8 Å². The Labute approximate surface area is 124 Å². The first-order valence-electron chi connectivity index (χ1n) is 6.98. The van der Waals surface area contributed by atoms with Crippen molar-refractivity contribution in [1.82, 2.24) is 9.97 Å². The second-order valence-corrected chi connectivity index (χ2v) is 5.00. The van der Waals surface area contributed by atoms with E-state index in [4.69, 9.17) is 0 Å². The molecule has 2 rings (SSSR count). The number of rotatable bonds is 6. The molecule has 0 saturated heterocycles. The molecule has 1 aromatic heterocycles. The van der Waals surface area contributed by atoms with Crippen LogP contribution in [0.15, 0.2) is 42.7 Å². The highest BCUT2D eigenvalue weighted by atomic mass is 16.4. The van der Waals surface area contributed by atoms with E-state index in [1.807, 2.05) is 44.2 Å². The lowest BCUT2D eigenvalue weighted by Crippen LogP contribution is -2.35. The molecule has 0 saturated carbocycles. The van der Waals surface area contributed by atoms with Gasteiger partial charge in [-0.3, -0.25) is 4.98 Å². The molecule has 2 aromatic rings. The lowest BCUT2D eigenvalue weighted by molar-refractivity contribution is -0.139. The van der Waals surface area contributed by atoms with Crippen LogP contribution < -0.4 is 5.32 Å². The van der Waals surface area contributed by atoms with Gasteiger partial charge in [0, 0.05) is 5.56 Å². The Balaban J connectivity index is 2.13. The quantitative estimate of drug-likeness (QED) is 0.853. The maximum Gasteiger partial charge on any atom is 0.326 e. The van der Waals surface area contributed by atoms with Crippen LogP contribution >= 0.6 is 0 Å². The number of hydrogen-bond acceptors (Lipinski definition) is 4. The van der Waals surface area contributed by atoms with Gasteiger partial charge in [0.05, 0.1) is 18.1 Å². The van der Waals surface area contributed by atoms with Gasteiger partial charge in [-0.05, 0) is 5.92 Å². The Kier molecular flexibility index (Phi) is 4.87. The maximum atomic E-state index is 11.3. The smallest absolute Gasteiger partial charge is 0.326 e. The molecule has 21 heavy (non-hydrogen) atoms. The van der Waals surface area contributed by atoms with Crippen molar-refractivity contribution < 1.29 is 9.90 Å². The largest absolute Gasteiger partial charge is 0.480 e. The van der Waals surface area contributed by atoms with Gasteiger partial charge in [0.25, 0.3) is 0 Å². The van der Waals surface area contributed by atoms with E-state index in [1.165, 1.54) is 0 Å². The van der Waals surface area contributed by atoms with Gasteiger partial charge in [-0.2, -0.15) is 0 Å². The summed E-state index contributed by atoms with van der Waals surface area (Å²) >= 11 is 0. The number of hydrogen-bond donors (Lipinski definition) is 2. The molecule has 0 amide bonds. The monoisotopic (exact) mass is 285 g/mol. The predicted octanol–water partition coefficient (Wildman–Crippen LogP) is 3.05. The van der Waals surface area contributed by atoms with Crippen LogP contribution in [0.2, 0.25) is 0 Å². The summed E-state index contributed by atoms with van der Waals surface area (Å²) in [6, 6.07) is 9.06. The zero-order valence-electron chi connectivity index (χ0n) is 12.2. The van der Waals surface area contributed by atoms with Crippen molar-refractivity contribution in [2.75, 3.05) is 5.32 Å². The number of aromatic nitrogens is 2. The van der Waals surface area contributed by atoms with E-state index in [-0.39, 0.29) is 5.92 Å². The second-order valence-electron chi connectivity index (χ2n) is 5.00. The van der Waals surface area contributed by atoms with Crippen LogP contribution in [0.3, 0.4) is 0 Å². The molecule has 2 N–H and O–H groups in total. The first-order chi connectivity index (χ1) is 10.1. The highest BCUT2D eigenvalue weighted by Crippen LogP contribution is 2.17. The van der Waals surface area contributed by atoms with E-state index in [0.29, 0.717) is 5.82 Å². The fourth-order valence-electron chi connectivity index (χ4n) is 2.00. The van der Waals surface area contributed by atoms with Crippen molar-refractivity contribution in [3.8, 4) is 11.3 Å². The fourth-order valence-corrected chi connectivity index (χ4v) is 2.00. The summed E-state index contributed by atoms with van der Waals surface area (Å²) in [5.41, 5.74) is 1.74. The molecule has 5 nitrogen and oxygen atoms in total. The van der Waals surface area contributed by atoms with Gasteiger partial charge >= 0.3 is 5.97 Å². The van der Waals surface area contributed by atoms with E-state index >= 15 is 0 Å². The third-order valence-electron chi connectivity index (χ3n) is 3.50. The van der Waals surface area contributed by atoms with Crippen molar-refractivity contribution in [3.05, 3.63) is 42.7 Å². The molecule has 1 aromatic carbocycles. The molecule has 0 aliphatic carbocycles. The molecule has 0 aliphatic heterocycles. The zero-order chi connectivity index (χ0) is 15.2. The van der Waals surface area contributed by atoms with E-state index in [1.54, 1.807) is 12.4 Å². The van der Waals surface area contributed by atoms with Gasteiger partial charge in [0.2, 0.25) is 0 Å². The Morgan fingerprint density at radius 3 is 2.48 bits per heavy atom. The topological polar surface area (TPSA) is 75.1 Å². The summed E-state index contributed by atoms with van der Waals surface area (Å²) in [5.74, 6) is -0.390. The van der Waals surface area contributed by atoms with Crippen LogP contribution in [0, 0.1) is 5.92 Å². The van der Waals surface area contributed by atoms with Crippen molar-refractivity contribution in [1.29, 1.82) is 0 Å². The minimum atomic E-state index is -0.877. The van der Waals surface area contributed by atoms with Gasteiger partial charge in [-0.15, -0.1) is 0 Å². The Hall–Kier alpha value is -2.43. The van der Waals surface area contributed by atoms with Crippen LogP contribution in [0.1, 0.15) is 20.3 Å². The molecule has 0 fully saturated rings. The summed E-state index contributed by atoms with van der Waals surface area (Å²) in [6.45, 7) is 3.87. The Morgan fingerprint density at radius 1 is 1.24 bits per heavy atom. The number of carboxylic acids is 1. The molecule has 0 aliphatic rings. The molecular weight excluding hydrogens is 266 g/mol. The average molecular weight is 285 g/mol. The summed E-state index contributed by atoms with van der Waals surface area (Å²) in [7, 11) is 0. The molecule has 2 atom stereocenters. The fraction of sp³-hybridized carbons (Fsp3) is 0.312. The summed E-state index contributed by atoms with van der Waals surface area (Å²) in [5, 5.41) is 12.2. The van der Waals surface area contributed by atoms with E-state index in [2.05, 4.69) is 15.3 Å². The molecule has 110 valence electrons. The number of aliphatic carboxylic acids is 1. The van der Waals surface area contributed by atoms with Crippen LogP contribution in [-0.2, 0) is 4.79 Å². The lowest BCUT2D eigenvalue weighted by atomic mass is 9.99. The number of nitrogens with one attached hydrogen (secondary N) is 1. The number of benzene rings is 1. The Bertz CT molecular complexity index is 584. The minimum Gasteiger partial charge on any atom is -0.480 e. The highest BCUT2D eigenvalue weighted by Gasteiger charge is 2.23. The van der Waals surface area contributed by atoms with Gasteiger partial charge in [0.15, 0.2) is 0 Å². The first kappa shape index (κ1) is 15.0. The van der Waals surface area contributed by atoms with Gasteiger partial charge in [0.1, 0.15) is 11.9 Å². The summed E-state index contributed by atoms with van der Waals surface area (Å²) in [6.07, 6.45) is 3.99. The molecule has 0 radical (unpaired) electrons. The van der Waals surface area contributed by atoms with Crippen LogP contribution in [0.5, 0.6) is 0 Å². The van der Waals surface area contributed by atoms with Crippen molar-refractivity contribution in [2.24, 2.45) is 5.92 Å². The summed E-state index contributed by atoms with van der Waals surface area (Å²) in [4.78, 5) is 19.9. The minimum absolute atomic E-state index is 0.0121. The van der Waals surface area contributed by atoms with Crippen LogP contribution in [-0.4, -0.2) is 27.1 Å². The highest BCUT2D eigenvalue weighted by molar-refractivity contribution is 5.77. The van der Waals surface area contributed by atoms with E-state index < -0.39 is 12.0 Å². The van der Waals surface area contributed by atoms with Crippen LogP contribution in [0.4, 0.5) is 5.82 Å². The average Bonchev–Trinajstić information content (AvgIpc) is 2.53. The molecule has 5 heteroatoms. The molecule has 0 bridgehead atoms. The molecule has 0 unspecified atom stereocenters. The van der Waals surface area contributed by atoms with Gasteiger partial charge in [-0.1, -0.05) is 50.6 Å². The van der Waals surface area contributed by atoms with Crippen molar-refractivity contribution in [3.63, 3.8) is 0 Å². The number of carbonyl (C=O) groups is 1. The molecule has 0 spiro atoms. The number of nitrogens with zero attached hydrogens (tertiary/aromatic N) is 2. The third-order valence-corrected chi connectivity index (χ3v) is 3.50. The molecular formula is C16H19N3O2. The van der Waals surface area contributed by atoms with Crippen molar-refractivity contribution in [2.45, 2.75) is 26.3 Å². The van der Waals surface area contributed by atoms with E-state index in [9.17, 15) is 9.90 Å². The third kappa shape index (κ3) is 3.78. The standard InChI is InChI=1S/C16H19N3O2/c1-3-11(2)15(16(20)21)19-14-10-17-13(9-18-14)12-7-5-4-6-8-12/h4-11,15H,3H2,1-2H3,(H,18,19)(H,20,21)/t11-,15-/m0/s1. The number of carboxylic acid groups (broad SMARTS) is 1. The predicted molar refractivity (Wildman–Crippen MR) is 82.0 cm³/mol. The number of anilines is 1. The first-order valence-corrected chi connectivity index (χ1v) is 6.98. The van der Waals surface area contributed by atoms with Gasteiger partial charge in [-0.25, -0.2) is 9.78 Å². The second kappa shape index (κ2) is 6.83. The maximum absolute atomic E-state index is 11.3. The van der Waals surface area contributed by atoms with Crippen LogP contribution in [0.25, 0.3) is 11.3 Å².